The van der Waals surface area contributed by atoms with Gasteiger partial charge in [-0.1, -0.05) is 11.6 Å². The lowest BCUT2D eigenvalue weighted by Crippen LogP contribution is -2.30. The van der Waals surface area contributed by atoms with Crippen LogP contribution in [0.2, 0.25) is 0 Å². The van der Waals surface area contributed by atoms with Crippen LogP contribution in [-0.2, 0) is 23.5 Å². The number of carbonyl (C=O) groups excluding carboxylic acids is 1. The minimum absolute atomic E-state index is 0.0637. The fourth-order valence-corrected chi connectivity index (χ4v) is 3.88. The molecule has 0 unspecified atom stereocenters. The number of carboxylic acids is 1. The van der Waals surface area contributed by atoms with Gasteiger partial charge in [0, 0.05) is 40.1 Å². The Labute approximate surface area is 221 Å². The smallest absolute Gasteiger partial charge is 0.341 e. The number of benzene rings is 3. The number of anilines is 2. The molecule has 0 fully saturated rings. The number of carbonyl (C=O) groups is 2. The van der Waals surface area contributed by atoms with Crippen molar-refractivity contribution in [2.24, 2.45) is 11.5 Å². The first-order valence-corrected chi connectivity index (χ1v) is 11.9. The lowest BCUT2D eigenvalue weighted by molar-refractivity contribution is -0.139. The predicted molar refractivity (Wildman–Crippen MR) is 147 cm³/mol. The molecule has 10 heteroatoms. The molecule has 0 atom stereocenters. The molecule has 200 valence electrons. The Hall–Kier alpha value is -4.41. The number of rotatable bonds is 11. The number of hydrogen-bond donors (Lipinski definition) is 7. The van der Waals surface area contributed by atoms with E-state index in [9.17, 15) is 19.8 Å². The molecule has 9 N–H and O–H groups in total. The number of nitrogens with two attached hydrogens (primary N) is 2. The Kier molecular flexibility index (Phi) is 8.72. The minimum Gasteiger partial charge on any atom is -0.481 e. The van der Waals surface area contributed by atoms with Crippen LogP contribution in [0.15, 0.2) is 54.6 Å². The van der Waals surface area contributed by atoms with Crippen molar-refractivity contribution >= 4 is 29.1 Å². The van der Waals surface area contributed by atoms with Crippen LogP contribution in [0, 0.1) is 12.3 Å². The summed E-state index contributed by atoms with van der Waals surface area (Å²) >= 11 is 0. The summed E-state index contributed by atoms with van der Waals surface area (Å²) in [4.78, 5) is 24.4. The van der Waals surface area contributed by atoms with Crippen LogP contribution in [0.25, 0.3) is 0 Å². The zero-order valence-corrected chi connectivity index (χ0v) is 21.6. The highest BCUT2D eigenvalue weighted by atomic mass is 16.5. The molecule has 38 heavy (non-hydrogen) atoms. The van der Waals surface area contributed by atoms with Gasteiger partial charge in [-0.15, -0.1) is 0 Å². The van der Waals surface area contributed by atoms with Gasteiger partial charge in [0.2, 0.25) is 0 Å². The van der Waals surface area contributed by atoms with Gasteiger partial charge in [0.15, 0.2) is 6.61 Å². The molecule has 10 nitrogen and oxygen atoms in total. The van der Waals surface area contributed by atoms with E-state index in [0.717, 1.165) is 5.56 Å². The van der Waals surface area contributed by atoms with Crippen molar-refractivity contribution in [3.05, 3.63) is 88.0 Å². The van der Waals surface area contributed by atoms with E-state index in [2.05, 4.69) is 10.6 Å². The number of aryl methyl sites for hydroxylation is 1. The van der Waals surface area contributed by atoms with Crippen LogP contribution in [0.3, 0.4) is 0 Å². The van der Waals surface area contributed by atoms with Gasteiger partial charge in [-0.05, 0) is 74.9 Å². The van der Waals surface area contributed by atoms with Gasteiger partial charge in [-0.25, -0.2) is 4.79 Å². The van der Waals surface area contributed by atoms with Gasteiger partial charge < -0.3 is 37.1 Å². The third-order valence-electron chi connectivity index (χ3n) is 5.79. The van der Waals surface area contributed by atoms with Crippen LogP contribution >= 0.6 is 0 Å². The number of aliphatic carboxylic acids is 1. The average Bonchev–Trinajstić information content (AvgIpc) is 2.86. The van der Waals surface area contributed by atoms with Crippen molar-refractivity contribution in [2.75, 3.05) is 17.2 Å². The van der Waals surface area contributed by atoms with Gasteiger partial charge in [-0.2, -0.15) is 0 Å². The molecule has 0 bridgehead atoms. The molecule has 0 heterocycles. The number of nitrogen functional groups attached to an aromatic ring is 1. The van der Waals surface area contributed by atoms with Crippen LogP contribution in [-0.4, -0.2) is 34.5 Å². The number of ether oxygens (including phenoxy) is 1. The summed E-state index contributed by atoms with van der Waals surface area (Å²) in [7, 11) is 0. The second-order valence-electron chi connectivity index (χ2n) is 9.54. The third-order valence-corrected chi connectivity index (χ3v) is 5.79. The highest BCUT2D eigenvalue weighted by molar-refractivity contribution is 6.08. The van der Waals surface area contributed by atoms with Gasteiger partial charge in [0.05, 0.1) is 12.2 Å². The number of hydrogen-bond acceptors (Lipinski definition) is 7. The van der Waals surface area contributed by atoms with E-state index in [1.54, 1.807) is 62.4 Å². The lowest BCUT2D eigenvalue weighted by atomic mass is 9.90. The number of aliphatic hydroxyl groups is 1. The molecule has 0 aliphatic carbocycles. The highest BCUT2D eigenvalue weighted by Crippen LogP contribution is 2.34. The zero-order chi connectivity index (χ0) is 28.0. The van der Waals surface area contributed by atoms with E-state index < -0.39 is 18.1 Å². The Bertz CT molecular complexity index is 1350. The average molecular weight is 520 g/mol. The van der Waals surface area contributed by atoms with E-state index in [-0.39, 0.29) is 24.9 Å². The molecule has 0 aliphatic heterocycles. The molecule has 3 aromatic rings. The first kappa shape index (κ1) is 28.2. The standard InChI is InChI=1S/C28H33N5O5/c1-16-4-9-23(21(10-16)27(37)33-20-7-5-18(6-8-20)26(29)30)32-13-19-11-17(14-34)12-22(28(2,3)31)25(19)38-15-24(35)36/h4-12,32,34H,13-15,31H2,1-3H3,(H3,29,30)(H,33,37)(H,35,36). The largest absolute Gasteiger partial charge is 0.481 e. The molecule has 0 aliphatic rings. The van der Waals surface area contributed by atoms with Crippen molar-refractivity contribution in [1.29, 1.82) is 5.41 Å². The van der Waals surface area contributed by atoms with Gasteiger partial charge in [-0.3, -0.25) is 10.2 Å². The minimum atomic E-state index is -1.13. The molecule has 0 saturated carbocycles. The fraction of sp³-hybridized carbons (Fsp3) is 0.250. The first-order valence-electron chi connectivity index (χ1n) is 11.9. The Morgan fingerprint density at radius 3 is 2.34 bits per heavy atom. The van der Waals surface area contributed by atoms with Gasteiger partial charge in [0.25, 0.3) is 5.91 Å². The van der Waals surface area contributed by atoms with Crippen molar-refractivity contribution in [3.8, 4) is 5.75 Å². The summed E-state index contributed by atoms with van der Waals surface area (Å²) in [6.45, 7) is 4.77. The molecule has 0 aromatic heterocycles. The van der Waals surface area contributed by atoms with Crippen molar-refractivity contribution in [2.45, 2.75) is 39.5 Å². The first-order chi connectivity index (χ1) is 17.9. The van der Waals surface area contributed by atoms with E-state index in [4.69, 9.17) is 21.6 Å². The SMILES string of the molecule is Cc1ccc(NCc2cc(CO)cc(C(C)(C)N)c2OCC(=O)O)c(C(=O)Nc2ccc(C(=N)N)cc2)c1. The van der Waals surface area contributed by atoms with E-state index in [1.807, 2.05) is 13.0 Å². The van der Waals surface area contributed by atoms with Crippen molar-refractivity contribution in [3.63, 3.8) is 0 Å². The third kappa shape index (κ3) is 7.09. The van der Waals surface area contributed by atoms with Crippen LogP contribution in [0.1, 0.15) is 52.0 Å². The Morgan fingerprint density at radius 2 is 1.76 bits per heavy atom. The van der Waals surface area contributed by atoms with Gasteiger partial charge in [0.1, 0.15) is 11.6 Å². The highest BCUT2D eigenvalue weighted by Gasteiger charge is 2.24. The van der Waals surface area contributed by atoms with Crippen LogP contribution in [0.4, 0.5) is 11.4 Å². The van der Waals surface area contributed by atoms with Gasteiger partial charge >= 0.3 is 5.97 Å². The lowest BCUT2D eigenvalue weighted by Gasteiger charge is -2.26. The number of aliphatic hydroxyl groups excluding tert-OH is 1. The fourth-order valence-electron chi connectivity index (χ4n) is 3.88. The second kappa shape index (κ2) is 11.8. The number of carboxylic acid groups (broad SMARTS) is 1. The van der Waals surface area contributed by atoms with Crippen molar-refractivity contribution < 1.29 is 24.5 Å². The molecule has 3 aromatic carbocycles. The maximum absolute atomic E-state index is 13.2. The molecule has 0 radical (unpaired) electrons. The predicted octanol–water partition coefficient (Wildman–Crippen LogP) is 3.29. The summed E-state index contributed by atoms with van der Waals surface area (Å²) in [5.74, 6) is -1.23. The summed E-state index contributed by atoms with van der Waals surface area (Å²) < 4.78 is 5.64. The van der Waals surface area contributed by atoms with Crippen LogP contribution in [0.5, 0.6) is 5.75 Å². The molecular weight excluding hydrogens is 486 g/mol. The number of amidine groups is 1. The van der Waals surface area contributed by atoms with Crippen molar-refractivity contribution in [1.82, 2.24) is 0 Å². The van der Waals surface area contributed by atoms with Crippen LogP contribution < -0.4 is 26.8 Å². The second-order valence-corrected chi connectivity index (χ2v) is 9.54. The zero-order valence-electron chi connectivity index (χ0n) is 21.6. The summed E-state index contributed by atoms with van der Waals surface area (Å²) in [6, 6.07) is 15.4. The quantitative estimate of drug-likeness (QED) is 0.149. The normalized spacial score (nSPS) is 11.1. The van der Waals surface area contributed by atoms with E-state index >= 15 is 0 Å². The summed E-state index contributed by atoms with van der Waals surface area (Å²) in [5.41, 5.74) is 15.6. The summed E-state index contributed by atoms with van der Waals surface area (Å²) in [5, 5.41) is 32.6. The number of amides is 1. The molecule has 1 amide bonds. The van der Waals surface area contributed by atoms with E-state index in [0.29, 0.717) is 44.9 Å². The Balaban J connectivity index is 1.92. The molecule has 3 rings (SSSR count). The van der Waals surface area contributed by atoms with E-state index in [1.165, 1.54) is 0 Å². The maximum Gasteiger partial charge on any atom is 0.341 e. The number of nitrogens with one attached hydrogen (secondary N) is 3. The molecule has 0 saturated heterocycles. The summed E-state index contributed by atoms with van der Waals surface area (Å²) in [6.07, 6.45) is 0. The monoisotopic (exact) mass is 519 g/mol. The Morgan fingerprint density at radius 1 is 1.08 bits per heavy atom. The molecule has 0 spiro atoms. The molecular formula is C28H33N5O5. The maximum atomic E-state index is 13.2. The topological polar surface area (TPSA) is 184 Å².